The van der Waals surface area contributed by atoms with Gasteiger partial charge in [-0.25, -0.2) is 0 Å². The number of hydrogen-bond donors (Lipinski definition) is 0. The van der Waals surface area contributed by atoms with Crippen molar-refractivity contribution in [3.8, 4) is 0 Å². The number of hydrogen-bond acceptors (Lipinski definition) is 3. The molecule has 1 amide bonds. The van der Waals surface area contributed by atoms with Crippen LogP contribution in [0.15, 0.2) is 59.1 Å². The van der Waals surface area contributed by atoms with Crippen molar-refractivity contribution in [3.63, 3.8) is 0 Å². The molecule has 0 saturated carbocycles. The zero-order valence-electron chi connectivity index (χ0n) is 13.9. The first-order valence-corrected chi connectivity index (χ1v) is 9.14. The Hall–Kier alpha value is -1.98. The van der Waals surface area contributed by atoms with Gasteiger partial charge in [0.1, 0.15) is 0 Å². The van der Waals surface area contributed by atoms with Gasteiger partial charge in [-0.05, 0) is 17.7 Å². The van der Waals surface area contributed by atoms with Gasteiger partial charge in [-0.3, -0.25) is 9.59 Å². The van der Waals surface area contributed by atoms with E-state index in [4.69, 9.17) is 4.74 Å². The number of Topliss-reactive ketones (excluding diaryl/α,β-unsaturated/α-hetero) is 1. The maximum absolute atomic E-state index is 13.1. The number of morpholine rings is 1. The summed E-state index contributed by atoms with van der Waals surface area (Å²) < 4.78 is 6.28. The van der Waals surface area contributed by atoms with Crippen LogP contribution in [-0.2, 0) is 9.53 Å². The van der Waals surface area contributed by atoms with Gasteiger partial charge < -0.3 is 9.64 Å². The summed E-state index contributed by atoms with van der Waals surface area (Å²) in [7, 11) is 0. The first-order chi connectivity index (χ1) is 12.1. The highest BCUT2D eigenvalue weighted by molar-refractivity contribution is 9.10. The summed E-state index contributed by atoms with van der Waals surface area (Å²) >= 11 is 3.42. The zero-order valence-corrected chi connectivity index (χ0v) is 15.4. The Balaban J connectivity index is 1.84. The van der Waals surface area contributed by atoms with Crippen molar-refractivity contribution in [2.24, 2.45) is 0 Å². The van der Waals surface area contributed by atoms with E-state index in [9.17, 15) is 9.59 Å². The molecule has 4 nitrogen and oxygen atoms in total. The first kappa shape index (κ1) is 17.8. The van der Waals surface area contributed by atoms with Crippen molar-refractivity contribution in [1.29, 1.82) is 0 Å². The van der Waals surface area contributed by atoms with E-state index < -0.39 is 5.92 Å². The summed E-state index contributed by atoms with van der Waals surface area (Å²) in [4.78, 5) is 27.5. The van der Waals surface area contributed by atoms with E-state index in [2.05, 4.69) is 15.9 Å². The van der Waals surface area contributed by atoms with E-state index in [-0.39, 0.29) is 18.1 Å². The van der Waals surface area contributed by atoms with Crippen LogP contribution in [0.4, 0.5) is 0 Å². The Morgan fingerprint density at radius 3 is 2.28 bits per heavy atom. The average Bonchev–Trinajstić information content (AvgIpc) is 2.67. The number of nitrogens with zero attached hydrogens (tertiary/aromatic N) is 1. The minimum Gasteiger partial charge on any atom is -0.378 e. The summed E-state index contributed by atoms with van der Waals surface area (Å²) in [6.45, 7) is 2.24. The molecule has 1 heterocycles. The van der Waals surface area contributed by atoms with Crippen LogP contribution in [0.3, 0.4) is 0 Å². The van der Waals surface area contributed by atoms with Crippen LogP contribution < -0.4 is 0 Å². The molecular weight excluding hydrogens is 382 g/mol. The monoisotopic (exact) mass is 401 g/mol. The second-order valence-corrected chi connectivity index (χ2v) is 6.95. The van der Waals surface area contributed by atoms with Crippen molar-refractivity contribution in [3.05, 3.63) is 70.2 Å². The fourth-order valence-electron chi connectivity index (χ4n) is 2.97. The molecule has 1 aliphatic heterocycles. The minimum atomic E-state index is -0.473. The second kappa shape index (κ2) is 8.41. The highest BCUT2D eigenvalue weighted by Gasteiger charge is 2.29. The lowest BCUT2D eigenvalue weighted by Gasteiger charge is -2.30. The van der Waals surface area contributed by atoms with Gasteiger partial charge in [0.2, 0.25) is 5.91 Å². The number of carbonyl (C=O) groups excluding carboxylic acids is 2. The van der Waals surface area contributed by atoms with Crippen LogP contribution in [0.1, 0.15) is 28.3 Å². The first-order valence-electron chi connectivity index (χ1n) is 8.35. The zero-order chi connectivity index (χ0) is 17.6. The van der Waals surface area contributed by atoms with Crippen molar-refractivity contribution in [1.82, 2.24) is 4.90 Å². The molecule has 0 N–H and O–H groups in total. The highest BCUT2D eigenvalue weighted by atomic mass is 79.9. The molecule has 0 aliphatic carbocycles. The Kier molecular flexibility index (Phi) is 6.00. The molecule has 2 aromatic rings. The average molecular weight is 402 g/mol. The molecule has 0 spiro atoms. The molecule has 1 atom stereocenters. The third kappa shape index (κ3) is 4.55. The SMILES string of the molecule is O=C(C[C@@H](C(=O)N1CCOCC1)c1ccc(Br)cc1)c1ccccc1. The highest BCUT2D eigenvalue weighted by Crippen LogP contribution is 2.26. The summed E-state index contributed by atoms with van der Waals surface area (Å²) in [5.74, 6) is -0.496. The van der Waals surface area contributed by atoms with Gasteiger partial charge in [0, 0.05) is 29.5 Å². The summed E-state index contributed by atoms with van der Waals surface area (Å²) in [5, 5.41) is 0. The molecule has 1 saturated heterocycles. The van der Waals surface area contributed by atoms with Gasteiger partial charge in [-0.2, -0.15) is 0 Å². The van der Waals surface area contributed by atoms with E-state index in [1.807, 2.05) is 42.5 Å². The molecular formula is C20H20BrNO3. The Bertz CT molecular complexity index is 724. The molecule has 2 aromatic carbocycles. The molecule has 0 radical (unpaired) electrons. The predicted molar refractivity (Wildman–Crippen MR) is 99.7 cm³/mol. The van der Waals surface area contributed by atoms with Crippen LogP contribution in [0.5, 0.6) is 0 Å². The van der Waals surface area contributed by atoms with Crippen LogP contribution in [0.25, 0.3) is 0 Å². The van der Waals surface area contributed by atoms with Crippen LogP contribution >= 0.6 is 15.9 Å². The quantitative estimate of drug-likeness (QED) is 0.718. The van der Waals surface area contributed by atoms with Crippen molar-refractivity contribution >= 4 is 27.6 Å². The Morgan fingerprint density at radius 2 is 1.64 bits per heavy atom. The van der Waals surface area contributed by atoms with Gasteiger partial charge in [-0.15, -0.1) is 0 Å². The van der Waals surface area contributed by atoms with Gasteiger partial charge in [0.15, 0.2) is 5.78 Å². The molecule has 1 aliphatic rings. The van der Waals surface area contributed by atoms with Gasteiger partial charge in [0.05, 0.1) is 19.1 Å². The summed E-state index contributed by atoms with van der Waals surface area (Å²) in [5.41, 5.74) is 1.50. The van der Waals surface area contributed by atoms with Crippen LogP contribution in [-0.4, -0.2) is 42.9 Å². The molecule has 3 rings (SSSR count). The topological polar surface area (TPSA) is 46.6 Å². The fourth-order valence-corrected chi connectivity index (χ4v) is 3.24. The van der Waals surface area contributed by atoms with Crippen molar-refractivity contribution in [2.45, 2.75) is 12.3 Å². The molecule has 25 heavy (non-hydrogen) atoms. The fraction of sp³-hybridized carbons (Fsp3) is 0.300. The van der Waals surface area contributed by atoms with E-state index in [1.165, 1.54) is 0 Å². The third-order valence-electron chi connectivity index (χ3n) is 4.38. The minimum absolute atomic E-state index is 0.00472. The van der Waals surface area contributed by atoms with Crippen LogP contribution in [0.2, 0.25) is 0 Å². The second-order valence-electron chi connectivity index (χ2n) is 6.04. The van der Waals surface area contributed by atoms with Crippen LogP contribution in [0, 0.1) is 0 Å². The maximum Gasteiger partial charge on any atom is 0.230 e. The molecule has 130 valence electrons. The third-order valence-corrected chi connectivity index (χ3v) is 4.91. The molecule has 0 bridgehead atoms. The molecule has 5 heteroatoms. The molecule has 0 aromatic heterocycles. The summed E-state index contributed by atoms with van der Waals surface area (Å²) in [6, 6.07) is 16.8. The lowest BCUT2D eigenvalue weighted by atomic mass is 9.90. The molecule has 0 unspecified atom stereocenters. The van der Waals surface area contributed by atoms with E-state index >= 15 is 0 Å². The number of ether oxygens (including phenoxy) is 1. The lowest BCUT2D eigenvalue weighted by molar-refractivity contribution is -0.136. The van der Waals surface area contributed by atoms with Gasteiger partial charge in [0.25, 0.3) is 0 Å². The lowest BCUT2D eigenvalue weighted by Crippen LogP contribution is -2.43. The van der Waals surface area contributed by atoms with E-state index in [0.29, 0.717) is 31.9 Å². The van der Waals surface area contributed by atoms with E-state index in [0.717, 1.165) is 10.0 Å². The maximum atomic E-state index is 13.1. The molecule has 1 fully saturated rings. The van der Waals surface area contributed by atoms with Gasteiger partial charge >= 0.3 is 0 Å². The largest absolute Gasteiger partial charge is 0.378 e. The van der Waals surface area contributed by atoms with E-state index in [1.54, 1.807) is 17.0 Å². The Morgan fingerprint density at radius 1 is 1.00 bits per heavy atom. The number of amides is 1. The van der Waals surface area contributed by atoms with Gasteiger partial charge in [-0.1, -0.05) is 58.4 Å². The Labute approximate surface area is 155 Å². The summed E-state index contributed by atoms with van der Waals surface area (Å²) in [6.07, 6.45) is 0.168. The number of carbonyl (C=O) groups is 2. The van der Waals surface area contributed by atoms with Crippen molar-refractivity contribution < 1.29 is 14.3 Å². The number of rotatable bonds is 5. The number of benzene rings is 2. The number of ketones is 1. The standard InChI is InChI=1S/C20H20BrNO3/c21-17-8-6-15(7-9-17)18(20(24)22-10-12-25-13-11-22)14-19(23)16-4-2-1-3-5-16/h1-9,18H,10-14H2/t18-/m1/s1. The predicted octanol–water partition coefficient (Wildman–Crippen LogP) is 3.66. The smallest absolute Gasteiger partial charge is 0.230 e. The van der Waals surface area contributed by atoms with Crippen molar-refractivity contribution in [2.75, 3.05) is 26.3 Å². The normalized spacial score (nSPS) is 15.6. The number of halogens is 1.